The van der Waals surface area contributed by atoms with Gasteiger partial charge < -0.3 is 10.1 Å². The molecule has 3 rings (SSSR count). The third kappa shape index (κ3) is 4.67. The predicted molar refractivity (Wildman–Crippen MR) is 106 cm³/mol. The van der Waals surface area contributed by atoms with Gasteiger partial charge in [0.25, 0.3) is 5.56 Å². The molecule has 0 aliphatic carbocycles. The van der Waals surface area contributed by atoms with E-state index in [-0.39, 0.29) is 12.1 Å². The van der Waals surface area contributed by atoms with Gasteiger partial charge in [0.1, 0.15) is 12.3 Å². The van der Waals surface area contributed by atoms with Gasteiger partial charge in [0.05, 0.1) is 23.5 Å². The largest absolute Gasteiger partial charge is 0.497 e. The average Bonchev–Trinajstić information content (AvgIpc) is 2.66. The molecule has 0 aliphatic heterocycles. The van der Waals surface area contributed by atoms with Crippen LogP contribution >= 0.6 is 23.2 Å². The second-order valence-electron chi connectivity index (χ2n) is 5.62. The Kier molecular flexibility index (Phi) is 5.78. The first-order chi connectivity index (χ1) is 13.0. The van der Waals surface area contributed by atoms with E-state index in [1.165, 1.54) is 12.1 Å². The topological polar surface area (TPSA) is 73.2 Å². The Morgan fingerprint density at radius 1 is 1.11 bits per heavy atom. The van der Waals surface area contributed by atoms with Gasteiger partial charge in [-0.15, -0.1) is 0 Å². The smallest absolute Gasteiger partial charge is 0.267 e. The monoisotopic (exact) mass is 403 g/mol. The van der Waals surface area contributed by atoms with E-state index in [0.717, 1.165) is 10.2 Å². The van der Waals surface area contributed by atoms with Gasteiger partial charge in [-0.3, -0.25) is 9.59 Å². The zero-order valence-corrected chi connectivity index (χ0v) is 15.8. The molecule has 1 aromatic heterocycles. The van der Waals surface area contributed by atoms with Crippen molar-refractivity contribution >= 4 is 34.8 Å². The maximum Gasteiger partial charge on any atom is 0.267 e. The molecule has 1 N–H and O–H groups in total. The van der Waals surface area contributed by atoms with Crippen molar-refractivity contribution in [2.75, 3.05) is 12.4 Å². The maximum absolute atomic E-state index is 12.3. The number of methoxy groups -OCH3 is 1. The number of amides is 1. The molecule has 0 saturated heterocycles. The minimum Gasteiger partial charge on any atom is -0.497 e. The number of halogens is 2. The van der Waals surface area contributed by atoms with Crippen LogP contribution in [0.2, 0.25) is 10.0 Å². The number of rotatable bonds is 5. The van der Waals surface area contributed by atoms with Crippen LogP contribution in [-0.4, -0.2) is 22.8 Å². The molecule has 6 nitrogen and oxygen atoms in total. The van der Waals surface area contributed by atoms with Crippen LogP contribution in [0.4, 0.5) is 5.69 Å². The van der Waals surface area contributed by atoms with Gasteiger partial charge in [-0.1, -0.05) is 23.2 Å². The molecule has 3 aromatic rings. The van der Waals surface area contributed by atoms with Crippen molar-refractivity contribution in [3.05, 3.63) is 75.0 Å². The Bertz CT molecular complexity index is 1030. The Morgan fingerprint density at radius 2 is 1.85 bits per heavy atom. The molecule has 1 heterocycles. The van der Waals surface area contributed by atoms with Crippen molar-refractivity contribution in [3.63, 3.8) is 0 Å². The number of hydrogen-bond donors (Lipinski definition) is 1. The van der Waals surface area contributed by atoms with Crippen LogP contribution in [0.1, 0.15) is 0 Å². The Labute approximate surface area is 165 Å². The molecule has 1 amide bonds. The van der Waals surface area contributed by atoms with Crippen LogP contribution in [0.25, 0.3) is 11.3 Å². The lowest BCUT2D eigenvalue weighted by Gasteiger charge is -2.10. The molecular weight excluding hydrogens is 389 g/mol. The van der Waals surface area contributed by atoms with Gasteiger partial charge in [-0.05, 0) is 48.5 Å². The van der Waals surface area contributed by atoms with E-state index < -0.39 is 5.91 Å². The number of aromatic nitrogens is 2. The standard InChI is InChI=1S/C19H15Cl2N3O3/c1-27-14-5-2-12(3-6-14)16-8-9-19(26)24(23-16)11-18(25)22-17-10-13(20)4-7-15(17)21/h2-10H,11H2,1H3,(H,22,25). The molecular formula is C19H15Cl2N3O3. The SMILES string of the molecule is COc1ccc(-c2ccc(=O)n(CC(=O)Nc3cc(Cl)ccc3Cl)n2)cc1. The minimum absolute atomic E-state index is 0.258. The molecule has 0 saturated carbocycles. The summed E-state index contributed by atoms with van der Waals surface area (Å²) in [4.78, 5) is 24.4. The predicted octanol–water partition coefficient (Wildman–Crippen LogP) is 3.86. The van der Waals surface area contributed by atoms with Crippen LogP contribution in [0.5, 0.6) is 5.75 Å². The molecule has 0 bridgehead atoms. The molecule has 27 heavy (non-hydrogen) atoms. The molecule has 0 unspecified atom stereocenters. The molecule has 2 aromatic carbocycles. The first-order valence-electron chi connectivity index (χ1n) is 7.94. The highest BCUT2D eigenvalue weighted by molar-refractivity contribution is 6.35. The quantitative estimate of drug-likeness (QED) is 0.701. The third-order valence-electron chi connectivity index (χ3n) is 3.75. The van der Waals surface area contributed by atoms with Crippen LogP contribution in [0.3, 0.4) is 0 Å². The van der Waals surface area contributed by atoms with E-state index in [1.54, 1.807) is 37.4 Å². The lowest BCUT2D eigenvalue weighted by Crippen LogP contribution is -2.29. The third-order valence-corrected chi connectivity index (χ3v) is 4.31. The Morgan fingerprint density at radius 3 is 2.56 bits per heavy atom. The fraction of sp³-hybridized carbons (Fsp3) is 0.105. The van der Waals surface area contributed by atoms with Gasteiger partial charge in [0.15, 0.2) is 0 Å². The Balaban J connectivity index is 1.80. The lowest BCUT2D eigenvalue weighted by molar-refractivity contribution is -0.117. The highest BCUT2D eigenvalue weighted by Crippen LogP contribution is 2.25. The van der Waals surface area contributed by atoms with E-state index in [0.29, 0.717) is 27.2 Å². The number of nitrogens with zero attached hydrogens (tertiary/aromatic N) is 2. The summed E-state index contributed by atoms with van der Waals surface area (Å²) in [5, 5.41) is 7.68. The fourth-order valence-electron chi connectivity index (χ4n) is 2.40. The average molecular weight is 404 g/mol. The highest BCUT2D eigenvalue weighted by atomic mass is 35.5. The minimum atomic E-state index is -0.444. The molecule has 0 radical (unpaired) electrons. The number of anilines is 1. The van der Waals surface area contributed by atoms with Crippen LogP contribution in [0, 0.1) is 0 Å². The molecule has 0 aliphatic rings. The first kappa shape index (κ1) is 18.9. The normalized spacial score (nSPS) is 10.5. The summed E-state index contributed by atoms with van der Waals surface area (Å²) >= 11 is 11.9. The maximum atomic E-state index is 12.3. The van der Waals surface area contributed by atoms with Crippen molar-refractivity contribution < 1.29 is 9.53 Å². The van der Waals surface area contributed by atoms with E-state index in [4.69, 9.17) is 27.9 Å². The Hall–Kier alpha value is -2.83. The molecule has 0 atom stereocenters. The summed E-state index contributed by atoms with van der Waals surface area (Å²) in [6.45, 7) is -0.258. The second-order valence-corrected chi connectivity index (χ2v) is 6.46. The zero-order chi connectivity index (χ0) is 19.4. The highest BCUT2D eigenvalue weighted by Gasteiger charge is 2.10. The van der Waals surface area contributed by atoms with E-state index in [2.05, 4.69) is 10.4 Å². The molecule has 138 valence electrons. The number of carbonyl (C=O) groups excluding carboxylic acids is 1. The summed E-state index contributed by atoms with van der Waals surface area (Å²) in [6, 6.07) is 14.9. The number of ether oxygens (including phenoxy) is 1. The summed E-state index contributed by atoms with van der Waals surface area (Å²) < 4.78 is 6.22. The summed E-state index contributed by atoms with van der Waals surface area (Å²) in [5.41, 5.74) is 1.34. The van der Waals surface area contributed by atoms with Crippen molar-refractivity contribution in [1.29, 1.82) is 0 Å². The zero-order valence-electron chi connectivity index (χ0n) is 14.3. The number of hydrogen-bond acceptors (Lipinski definition) is 4. The van der Waals surface area contributed by atoms with E-state index in [9.17, 15) is 9.59 Å². The summed E-state index contributed by atoms with van der Waals surface area (Å²) in [7, 11) is 1.58. The fourth-order valence-corrected chi connectivity index (χ4v) is 2.73. The number of carbonyl (C=O) groups is 1. The van der Waals surface area contributed by atoms with E-state index >= 15 is 0 Å². The van der Waals surface area contributed by atoms with Crippen LogP contribution in [0.15, 0.2) is 59.4 Å². The first-order valence-corrected chi connectivity index (χ1v) is 8.69. The summed E-state index contributed by atoms with van der Waals surface area (Å²) in [5.74, 6) is 0.269. The van der Waals surface area contributed by atoms with Crippen LogP contribution in [-0.2, 0) is 11.3 Å². The van der Waals surface area contributed by atoms with Gasteiger partial charge >= 0.3 is 0 Å². The van der Waals surface area contributed by atoms with E-state index in [1.807, 2.05) is 12.1 Å². The molecule has 0 fully saturated rings. The van der Waals surface area contributed by atoms with Gasteiger partial charge in [-0.25, -0.2) is 4.68 Å². The second kappa shape index (κ2) is 8.24. The number of benzene rings is 2. The molecule has 0 spiro atoms. The molecule has 8 heteroatoms. The van der Waals surface area contributed by atoms with Crippen molar-refractivity contribution in [2.45, 2.75) is 6.54 Å². The van der Waals surface area contributed by atoms with Crippen molar-refractivity contribution in [2.24, 2.45) is 0 Å². The van der Waals surface area contributed by atoms with Crippen molar-refractivity contribution in [1.82, 2.24) is 9.78 Å². The lowest BCUT2D eigenvalue weighted by atomic mass is 10.1. The van der Waals surface area contributed by atoms with Crippen molar-refractivity contribution in [3.8, 4) is 17.0 Å². The van der Waals surface area contributed by atoms with Gasteiger partial charge in [-0.2, -0.15) is 5.10 Å². The summed E-state index contributed by atoms with van der Waals surface area (Å²) in [6.07, 6.45) is 0. The van der Waals surface area contributed by atoms with Crippen LogP contribution < -0.4 is 15.6 Å². The van der Waals surface area contributed by atoms with Gasteiger partial charge in [0, 0.05) is 16.7 Å². The number of nitrogens with one attached hydrogen (secondary N) is 1. The van der Waals surface area contributed by atoms with Gasteiger partial charge in [0.2, 0.25) is 5.91 Å².